The molecule has 0 saturated carbocycles. The van der Waals surface area contributed by atoms with Gasteiger partial charge in [-0.2, -0.15) is 0 Å². The summed E-state index contributed by atoms with van der Waals surface area (Å²) in [5.41, 5.74) is 16.5. The van der Waals surface area contributed by atoms with E-state index in [4.69, 9.17) is 19.3 Å². The van der Waals surface area contributed by atoms with Crippen molar-refractivity contribution in [1.82, 2.24) is 40.0 Å². The fourth-order valence-corrected chi connectivity index (χ4v) is 22.4. The predicted octanol–water partition coefficient (Wildman–Crippen LogP) is 22.2. The third-order valence-corrected chi connectivity index (χ3v) is 31.3. The SMILES string of the molecule is CC.CC.CC.CC.CC.CC.CCOC.O=C(/C=C/c1ccccc1)N1CCC(C(O)CN2CCC3(CC2)CNc2ccccc23)CC1.O=C(O)/C=C/c1ccccc1.O=C(OCc1ccccc1)N1CCC(C(O)CN2CCC3(CC2)CNc2ccccc23)CC1.O=C(OCc1ccccc1)N1CCC(C2CO2)CC1.OC(CN1CCC2(CC1)CNc1ccccc12)C1CCNCC1.c1ccc2c(c1)NCC21CCNCC1. The second-order valence-corrected chi connectivity index (χ2v) is 39.8. The number of methoxy groups -OCH3 is 1. The number of aliphatic carboxylic acids is 1. The second-order valence-electron chi connectivity index (χ2n) is 39.8. The number of para-hydroxylation sites is 4. The number of fused-ring (bicyclic) bond motifs is 8. The molecule has 9 saturated heterocycles. The van der Waals surface area contributed by atoms with Crippen molar-refractivity contribution in [2.24, 2.45) is 23.7 Å². The van der Waals surface area contributed by atoms with Crippen LogP contribution in [-0.4, -0.2) is 269 Å². The molecule has 0 bridgehead atoms. The highest BCUT2D eigenvalue weighted by Crippen LogP contribution is 2.48. The van der Waals surface area contributed by atoms with Gasteiger partial charge in [0.05, 0.1) is 31.0 Å². The van der Waals surface area contributed by atoms with Crippen molar-refractivity contribution in [3.63, 3.8) is 0 Å². The molecule has 13 aliphatic rings. The number of hydrogen-bond donors (Lipinski definition) is 10. The number of carbonyl (C=O) groups is 4. The number of likely N-dealkylation sites (tertiary alicyclic amines) is 6. The lowest BCUT2D eigenvalue weighted by Gasteiger charge is -2.41. The van der Waals surface area contributed by atoms with Crippen LogP contribution in [0.2, 0.25) is 0 Å². The third kappa shape index (κ3) is 36.9. The van der Waals surface area contributed by atoms with Gasteiger partial charge in [0, 0.05) is 155 Å². The fourth-order valence-electron chi connectivity index (χ4n) is 22.4. The van der Waals surface area contributed by atoms with Crippen LogP contribution in [0.5, 0.6) is 0 Å². The summed E-state index contributed by atoms with van der Waals surface area (Å²) in [7, 11) is 1.68. The van der Waals surface area contributed by atoms with Crippen LogP contribution in [0.25, 0.3) is 12.2 Å². The summed E-state index contributed by atoms with van der Waals surface area (Å²) < 4.78 is 20.7. The summed E-state index contributed by atoms with van der Waals surface area (Å²) in [6.45, 7) is 50.1. The van der Waals surface area contributed by atoms with E-state index in [9.17, 15) is 34.5 Å². The minimum atomic E-state index is -0.922. The lowest BCUT2D eigenvalue weighted by atomic mass is 9.74. The number of amides is 3. The maximum absolute atomic E-state index is 12.5. The molecule has 8 aromatic carbocycles. The molecule has 0 aliphatic carbocycles. The van der Waals surface area contributed by atoms with Crippen LogP contribution in [0.3, 0.4) is 0 Å². The summed E-state index contributed by atoms with van der Waals surface area (Å²) in [6, 6.07) is 73.8. The van der Waals surface area contributed by atoms with Gasteiger partial charge in [-0.1, -0.05) is 277 Å². The molecule has 13 aliphatic heterocycles. The number of piperidine rings is 8. The molecule has 149 heavy (non-hydrogen) atoms. The first-order valence-electron chi connectivity index (χ1n) is 56.9. The molecular formula is C125H186N12O12. The van der Waals surface area contributed by atoms with Crippen LogP contribution in [-0.2, 0) is 63.4 Å². The lowest BCUT2D eigenvalue weighted by molar-refractivity contribution is -0.131. The molecule has 13 heterocycles. The molecule has 0 radical (unpaired) electrons. The van der Waals surface area contributed by atoms with Crippen molar-refractivity contribution in [1.29, 1.82) is 0 Å². The first-order chi connectivity index (χ1) is 73.0. The normalized spacial score (nSPS) is 19.9. The Morgan fingerprint density at radius 2 is 0.638 bits per heavy atom. The standard InChI is InChI=1S/C28H35N3O2.C27H35N3O3.C19H29N3O.C15H19NO3.C12H16N2.C9H8O2.C3H8O.6C2H6/c32-26(20-30-18-14-28(15-19-30)21-29-25-9-5-4-8-24(25)28)23-12-16-31(17-13-23)27(33)11-10-22-6-2-1-3-7-22;31-25(18-29-16-12-27(13-17-29)20-28-24-9-5-4-8-23(24)27)22-10-14-30(15-11-22)26(32)33-19-21-6-2-1-3-7-21;23-18(15-5-9-20-10-6-15)13-22-11-7-19(8-12-22)14-21-17-4-2-1-3-16(17)19;17-15(19-10-12-4-2-1-3-5-12)16-8-6-13(7-9-16)14-11-18-14;1-2-4-11-10(3-1)12(9-14-11)5-7-13-8-6-12;10-9(11)7-6-8-4-2-1-3-5-8;1-3-4-2;6*1-2/h1-11,23,26,29,32H,12-21H2;1-9,22,25,28,31H,10-20H2;1-4,15,18,20-21,23H,5-14H2;1-5,13-14H,6-11H2;1-4,13-14H,5-9H2;1-7H,(H,10,11);3H2,1-2H3;6*1-2H3/b11-10+;;;;;7-6+;;;;;;;. The number of nitrogens with one attached hydrogen (secondary N) is 6. The number of carbonyl (C=O) groups excluding carboxylic acids is 3. The maximum atomic E-state index is 12.5. The smallest absolute Gasteiger partial charge is 0.410 e. The van der Waals surface area contributed by atoms with Gasteiger partial charge in [-0.3, -0.25) is 4.79 Å². The summed E-state index contributed by atoms with van der Waals surface area (Å²) in [5, 5.41) is 61.9. The molecular weight excluding hydrogens is 1860 g/mol. The topological polar surface area (TPSA) is 281 Å². The van der Waals surface area contributed by atoms with E-state index in [1.165, 1.54) is 65.1 Å². The average molecular weight is 2050 g/mol. The van der Waals surface area contributed by atoms with Crippen molar-refractivity contribution < 1.29 is 58.6 Å². The van der Waals surface area contributed by atoms with Crippen molar-refractivity contribution >= 4 is 59.0 Å². The Labute approximate surface area is 895 Å². The number of β-amino-alcohol motifs (C(OH)–C–C–N with tert-alkyl or cyclic N) is 3. The van der Waals surface area contributed by atoms with E-state index in [0.29, 0.717) is 55.1 Å². The summed E-state index contributed by atoms with van der Waals surface area (Å²) >= 11 is 0. The average Bonchev–Trinajstić information content (AvgIpc) is 1.64. The summed E-state index contributed by atoms with van der Waals surface area (Å²) in [5.74, 6) is 0.788. The highest BCUT2D eigenvalue weighted by Gasteiger charge is 2.47. The number of rotatable bonds is 19. The molecule has 4 spiro atoms. The number of nitrogens with zero attached hydrogens (tertiary/aromatic N) is 6. The fraction of sp³-hybridized carbons (Fsp3) is 0.552. The number of aliphatic hydroxyl groups is 3. The van der Waals surface area contributed by atoms with Gasteiger partial charge < -0.3 is 101 Å². The number of carboxylic acid groups (broad SMARTS) is 1. The van der Waals surface area contributed by atoms with Gasteiger partial charge in [0.1, 0.15) is 13.2 Å². The van der Waals surface area contributed by atoms with Gasteiger partial charge in [0.15, 0.2) is 0 Å². The van der Waals surface area contributed by atoms with E-state index < -0.39 is 5.97 Å². The molecule has 4 atom stereocenters. The highest BCUT2D eigenvalue weighted by molar-refractivity contribution is 5.92. The lowest BCUT2D eigenvalue weighted by Crippen LogP contribution is -2.48. The maximum Gasteiger partial charge on any atom is 0.410 e. The van der Waals surface area contributed by atoms with Crippen LogP contribution in [0.4, 0.5) is 32.3 Å². The Bertz CT molecular complexity index is 5060. The third-order valence-electron chi connectivity index (χ3n) is 31.3. The molecule has 10 N–H and O–H groups in total. The molecule has 3 amide bonds. The Balaban J connectivity index is 0.000000199. The number of aliphatic hydroxyl groups excluding tert-OH is 3. The summed E-state index contributed by atoms with van der Waals surface area (Å²) in [4.78, 5) is 59.8. The Morgan fingerprint density at radius 1 is 0.362 bits per heavy atom. The summed E-state index contributed by atoms with van der Waals surface area (Å²) in [6.07, 6.45) is 22.7. The monoisotopic (exact) mass is 2050 g/mol. The Morgan fingerprint density at radius 3 is 0.953 bits per heavy atom. The largest absolute Gasteiger partial charge is 0.478 e. The molecule has 4 unspecified atom stereocenters. The van der Waals surface area contributed by atoms with Crippen molar-refractivity contribution in [3.8, 4) is 0 Å². The van der Waals surface area contributed by atoms with Gasteiger partial charge in [-0.05, 0) is 280 Å². The van der Waals surface area contributed by atoms with Crippen LogP contribution in [0.1, 0.15) is 237 Å². The zero-order valence-electron chi connectivity index (χ0n) is 92.9. The molecule has 8 aromatic rings. The minimum Gasteiger partial charge on any atom is -0.478 e. The van der Waals surface area contributed by atoms with Crippen molar-refractivity contribution in [2.45, 2.75) is 252 Å². The first-order valence-corrected chi connectivity index (χ1v) is 56.9. The zero-order chi connectivity index (χ0) is 107. The van der Waals surface area contributed by atoms with Crippen LogP contribution < -0.4 is 31.9 Å². The van der Waals surface area contributed by atoms with Crippen molar-refractivity contribution in [3.05, 3.63) is 275 Å². The molecule has 9 fully saturated rings. The molecule has 24 nitrogen and oxygen atoms in total. The minimum absolute atomic E-state index is 0.0681. The number of ether oxygens (including phenoxy) is 4. The van der Waals surface area contributed by atoms with Gasteiger partial charge in [0.25, 0.3) is 0 Å². The van der Waals surface area contributed by atoms with Gasteiger partial charge >= 0.3 is 18.2 Å². The number of epoxide rings is 1. The van der Waals surface area contributed by atoms with Gasteiger partial charge in [-0.15, -0.1) is 0 Å². The molecule has 0 aromatic heterocycles. The number of benzene rings is 8. The quantitative estimate of drug-likeness (QED) is 0.0266. The number of anilines is 4. The zero-order valence-corrected chi connectivity index (χ0v) is 92.9. The van der Waals surface area contributed by atoms with Crippen molar-refractivity contribution in [2.75, 3.05) is 192 Å². The van der Waals surface area contributed by atoms with E-state index in [1.54, 1.807) is 29.7 Å². The van der Waals surface area contributed by atoms with E-state index >= 15 is 0 Å². The van der Waals surface area contributed by atoms with Crippen LogP contribution in [0, 0.1) is 23.7 Å². The van der Waals surface area contributed by atoms with E-state index in [-0.39, 0.29) is 59.1 Å². The Hall–Kier alpha value is -10.5. The van der Waals surface area contributed by atoms with Crippen LogP contribution >= 0.6 is 0 Å². The van der Waals surface area contributed by atoms with Gasteiger partial charge in [0.2, 0.25) is 5.91 Å². The molecule has 21 rings (SSSR count). The van der Waals surface area contributed by atoms with E-state index in [0.717, 1.165) is 256 Å². The van der Waals surface area contributed by atoms with Crippen LogP contribution in [0.15, 0.2) is 231 Å². The highest BCUT2D eigenvalue weighted by atomic mass is 16.6. The molecule has 818 valence electrons. The first kappa shape index (κ1) is 122. The Kier molecular flexibility index (Phi) is 54.4. The molecule has 24 heteroatoms. The second kappa shape index (κ2) is 66.4. The van der Waals surface area contributed by atoms with Gasteiger partial charge in [-0.25, -0.2) is 14.4 Å². The van der Waals surface area contributed by atoms with E-state index in [1.807, 2.05) is 227 Å². The predicted molar refractivity (Wildman–Crippen MR) is 614 cm³/mol. The number of hydrogen-bond acceptors (Lipinski definition) is 20. The van der Waals surface area contributed by atoms with E-state index in [2.05, 4.69) is 148 Å². The number of carboxylic acids is 1.